The van der Waals surface area contributed by atoms with E-state index in [2.05, 4.69) is 4.74 Å². The number of hydrogen-bond donors (Lipinski definition) is 0. The van der Waals surface area contributed by atoms with Crippen molar-refractivity contribution >= 4 is 23.4 Å². The van der Waals surface area contributed by atoms with Gasteiger partial charge in [-0.15, -0.1) is 0 Å². The maximum absolute atomic E-state index is 11.6. The van der Waals surface area contributed by atoms with E-state index in [1.807, 2.05) is 6.92 Å². The molecule has 0 unspecified atom stereocenters. The lowest BCUT2D eigenvalue weighted by Crippen LogP contribution is -2.25. The number of ether oxygens (including phenoxy) is 4. The van der Waals surface area contributed by atoms with Crippen molar-refractivity contribution < 1.29 is 23.7 Å². The van der Waals surface area contributed by atoms with Crippen LogP contribution in [0.15, 0.2) is 30.2 Å². The van der Waals surface area contributed by atoms with Crippen molar-refractivity contribution in [3.8, 4) is 11.5 Å². The van der Waals surface area contributed by atoms with Crippen molar-refractivity contribution in [1.29, 1.82) is 0 Å². The third kappa shape index (κ3) is 4.92. The van der Waals surface area contributed by atoms with E-state index in [0.717, 1.165) is 5.56 Å². The highest BCUT2D eigenvalue weighted by Crippen LogP contribution is 2.26. The first-order valence-electron chi connectivity index (χ1n) is 6.38. The molecule has 0 radical (unpaired) electrons. The van der Waals surface area contributed by atoms with E-state index in [4.69, 9.17) is 26.4 Å². The summed E-state index contributed by atoms with van der Waals surface area (Å²) in [6.07, 6.45) is 1.17. The van der Waals surface area contributed by atoms with E-state index < -0.39 is 5.97 Å². The fourth-order valence-electron chi connectivity index (χ4n) is 1.39. The topological polar surface area (TPSA) is 57.2 Å². The predicted molar refractivity (Wildman–Crippen MR) is 85.8 cm³/mol. The van der Waals surface area contributed by atoms with Crippen LogP contribution < -0.4 is 9.47 Å². The highest BCUT2D eigenvalue weighted by molar-refractivity contribution is 7.80. The molecule has 1 aromatic carbocycles. The zero-order valence-corrected chi connectivity index (χ0v) is 14.0. The Hall–Kier alpha value is -2.28. The highest BCUT2D eigenvalue weighted by Gasteiger charge is 2.15. The molecule has 0 heterocycles. The molecule has 0 N–H and O–H groups in total. The van der Waals surface area contributed by atoms with Gasteiger partial charge in [-0.1, -0.05) is 6.07 Å². The number of nitrogens with zero attached hydrogens (tertiary/aromatic N) is 1. The number of rotatable bonds is 5. The molecule has 0 aliphatic carbocycles. The fraction of sp³-hybridized carbons (Fsp3) is 0.333. The van der Waals surface area contributed by atoms with Crippen LogP contribution in [0.25, 0.3) is 0 Å². The normalized spacial score (nSPS) is 10.7. The van der Waals surface area contributed by atoms with Gasteiger partial charge in [-0.05, 0) is 30.8 Å². The second kappa shape index (κ2) is 8.23. The lowest BCUT2D eigenvalue weighted by Gasteiger charge is -2.16. The van der Waals surface area contributed by atoms with Crippen molar-refractivity contribution in [2.45, 2.75) is 6.92 Å². The van der Waals surface area contributed by atoms with E-state index >= 15 is 0 Å². The van der Waals surface area contributed by atoms with Gasteiger partial charge in [0.1, 0.15) is 17.8 Å². The number of benzene rings is 1. The summed E-state index contributed by atoms with van der Waals surface area (Å²) in [6, 6.07) is 5.19. The van der Waals surface area contributed by atoms with Crippen LogP contribution in [0.2, 0.25) is 0 Å². The first-order valence-corrected chi connectivity index (χ1v) is 6.78. The van der Waals surface area contributed by atoms with Gasteiger partial charge in [0.25, 0.3) is 5.17 Å². The van der Waals surface area contributed by atoms with Gasteiger partial charge in [0.05, 0.1) is 14.2 Å². The molecular formula is C15H19NO5S. The molecule has 1 aromatic rings. The van der Waals surface area contributed by atoms with Gasteiger partial charge in [0.2, 0.25) is 5.76 Å². The monoisotopic (exact) mass is 325 g/mol. The molecule has 22 heavy (non-hydrogen) atoms. The standard InChI is InChI=1S/C15H19NO5S/c1-10-6-7-11(20-15(22)16(2)3)8-12(10)21-13(9-18-4)14(17)19-5/h6-9H,1-5H3/b13-9-. The zero-order valence-electron chi connectivity index (χ0n) is 13.2. The molecule has 0 saturated heterocycles. The summed E-state index contributed by atoms with van der Waals surface area (Å²) in [6.45, 7) is 1.84. The van der Waals surface area contributed by atoms with Crippen molar-refractivity contribution in [2.24, 2.45) is 0 Å². The maximum atomic E-state index is 11.6. The maximum Gasteiger partial charge on any atom is 0.377 e. The van der Waals surface area contributed by atoms with E-state index in [0.29, 0.717) is 16.7 Å². The Labute approximate surface area is 135 Å². The molecule has 0 aliphatic heterocycles. The van der Waals surface area contributed by atoms with Crippen LogP contribution in [0.1, 0.15) is 5.56 Å². The Bertz CT molecular complexity index is 583. The van der Waals surface area contributed by atoms with E-state index in [1.54, 1.807) is 37.2 Å². The van der Waals surface area contributed by atoms with E-state index in [-0.39, 0.29) is 5.76 Å². The first-order chi connectivity index (χ1) is 10.4. The Balaban J connectivity index is 3.01. The number of hydrogen-bond acceptors (Lipinski definition) is 6. The van der Waals surface area contributed by atoms with Crippen molar-refractivity contribution in [3.05, 3.63) is 35.8 Å². The van der Waals surface area contributed by atoms with Crippen molar-refractivity contribution in [3.63, 3.8) is 0 Å². The molecule has 1 rings (SSSR count). The Morgan fingerprint density at radius 2 is 1.91 bits per heavy atom. The molecule has 0 aromatic heterocycles. The summed E-state index contributed by atoms with van der Waals surface area (Å²) >= 11 is 5.08. The minimum atomic E-state index is -0.642. The molecule has 7 heteroatoms. The molecule has 120 valence electrons. The second-order valence-electron chi connectivity index (χ2n) is 4.50. The predicted octanol–water partition coefficient (Wildman–Crippen LogP) is 2.26. The Morgan fingerprint density at radius 1 is 1.23 bits per heavy atom. The largest absolute Gasteiger partial charge is 0.500 e. The van der Waals surface area contributed by atoms with E-state index in [9.17, 15) is 4.79 Å². The van der Waals surface area contributed by atoms with Gasteiger partial charge < -0.3 is 23.8 Å². The Morgan fingerprint density at radius 3 is 2.45 bits per heavy atom. The van der Waals surface area contributed by atoms with Gasteiger partial charge in [-0.3, -0.25) is 0 Å². The molecule has 6 nitrogen and oxygen atoms in total. The molecule has 0 bridgehead atoms. The highest BCUT2D eigenvalue weighted by atomic mass is 32.1. The number of aryl methyl sites for hydroxylation is 1. The van der Waals surface area contributed by atoms with Gasteiger partial charge >= 0.3 is 5.97 Å². The zero-order chi connectivity index (χ0) is 16.7. The molecule has 0 atom stereocenters. The average molecular weight is 325 g/mol. The Kier molecular flexibility index (Phi) is 6.65. The molecule has 0 amide bonds. The summed E-state index contributed by atoms with van der Waals surface area (Å²) in [5.41, 5.74) is 0.814. The molecule has 0 fully saturated rings. The molecule has 0 saturated carbocycles. The van der Waals surface area contributed by atoms with Crippen LogP contribution in [0, 0.1) is 6.92 Å². The van der Waals surface area contributed by atoms with Gasteiger partial charge in [0.15, 0.2) is 0 Å². The minimum Gasteiger partial charge on any atom is -0.500 e. The lowest BCUT2D eigenvalue weighted by atomic mass is 10.2. The van der Waals surface area contributed by atoms with Crippen LogP contribution in [0.4, 0.5) is 0 Å². The van der Waals surface area contributed by atoms with Crippen LogP contribution in [-0.2, 0) is 14.3 Å². The van der Waals surface area contributed by atoms with Crippen molar-refractivity contribution in [1.82, 2.24) is 4.90 Å². The number of thiocarbonyl (C=S) groups is 1. The van der Waals surface area contributed by atoms with E-state index in [1.165, 1.54) is 20.5 Å². The van der Waals surface area contributed by atoms with Crippen LogP contribution in [-0.4, -0.2) is 44.4 Å². The summed E-state index contributed by atoms with van der Waals surface area (Å²) in [7, 11) is 6.24. The first kappa shape index (κ1) is 17.8. The minimum absolute atomic E-state index is 0.0690. The van der Waals surface area contributed by atoms with Crippen LogP contribution >= 0.6 is 12.2 Å². The van der Waals surface area contributed by atoms with Gasteiger partial charge in [-0.25, -0.2) is 4.79 Å². The van der Waals surface area contributed by atoms with Crippen LogP contribution in [0.5, 0.6) is 11.5 Å². The third-order valence-electron chi connectivity index (χ3n) is 2.56. The summed E-state index contributed by atoms with van der Waals surface area (Å²) in [5.74, 6) is 0.227. The smallest absolute Gasteiger partial charge is 0.377 e. The molecular weight excluding hydrogens is 306 g/mol. The average Bonchev–Trinajstić information content (AvgIpc) is 2.49. The summed E-state index contributed by atoms with van der Waals surface area (Å²) in [5, 5.41) is 0.315. The number of carbonyl (C=O) groups excluding carboxylic acids is 1. The summed E-state index contributed by atoms with van der Waals surface area (Å²) < 4.78 is 20.5. The van der Waals surface area contributed by atoms with Crippen molar-refractivity contribution in [2.75, 3.05) is 28.3 Å². The lowest BCUT2D eigenvalue weighted by molar-refractivity contribution is -0.138. The SMILES string of the molecule is CO/C=C(\Oc1cc(OC(=S)N(C)C)ccc1C)C(=O)OC. The van der Waals surface area contributed by atoms with Gasteiger partial charge in [-0.2, -0.15) is 0 Å². The molecule has 0 aliphatic rings. The summed E-state index contributed by atoms with van der Waals surface area (Å²) in [4.78, 5) is 13.3. The number of carbonyl (C=O) groups is 1. The molecule has 0 spiro atoms. The van der Waals surface area contributed by atoms with Gasteiger partial charge in [0, 0.05) is 20.2 Å². The third-order valence-corrected chi connectivity index (χ3v) is 3.01. The number of methoxy groups -OCH3 is 2. The van der Waals surface area contributed by atoms with Crippen LogP contribution in [0.3, 0.4) is 0 Å². The quantitative estimate of drug-likeness (QED) is 0.356. The fourth-order valence-corrected chi connectivity index (χ4v) is 1.48. The number of esters is 1. The second-order valence-corrected chi connectivity index (χ2v) is 4.85.